The number of alkyl halides is 6. The normalized spacial score (nSPS) is 12.5. The Labute approximate surface area is 162 Å². The monoisotopic (exact) mass is 416 g/mol. The first kappa shape index (κ1) is 21.0. The van der Waals surface area contributed by atoms with Gasteiger partial charge in [-0.3, -0.25) is 0 Å². The highest BCUT2D eigenvalue weighted by Gasteiger charge is 2.30. The molecule has 1 heterocycles. The van der Waals surface area contributed by atoms with Crippen LogP contribution in [0, 0.1) is 0 Å². The number of aromatic amines is 1. The van der Waals surface area contributed by atoms with Crippen molar-refractivity contribution in [1.82, 2.24) is 10.3 Å². The maximum absolute atomic E-state index is 12.8. The average Bonchev–Trinajstić information content (AvgIpc) is 3.05. The van der Waals surface area contributed by atoms with Gasteiger partial charge >= 0.3 is 12.4 Å². The van der Waals surface area contributed by atoms with Crippen molar-refractivity contribution >= 4 is 10.9 Å². The number of rotatable bonds is 7. The van der Waals surface area contributed by atoms with Crippen molar-refractivity contribution < 1.29 is 31.1 Å². The molecule has 2 aromatic carbocycles. The van der Waals surface area contributed by atoms with Crippen LogP contribution in [0.4, 0.5) is 26.3 Å². The first-order valence-electron chi connectivity index (χ1n) is 8.78. The Kier molecular flexibility index (Phi) is 6.07. The summed E-state index contributed by atoms with van der Waals surface area (Å²) in [6.07, 6.45) is -6.53. The van der Waals surface area contributed by atoms with Crippen molar-refractivity contribution in [2.45, 2.75) is 25.3 Å². The Morgan fingerprint density at radius 1 is 0.966 bits per heavy atom. The fraction of sp³-hybridized carbons (Fsp3) is 0.300. The number of nitrogens with one attached hydrogen (secondary N) is 2. The second kappa shape index (κ2) is 8.36. The molecule has 3 rings (SSSR count). The summed E-state index contributed by atoms with van der Waals surface area (Å²) in [5, 5.41) is 3.89. The van der Waals surface area contributed by atoms with Gasteiger partial charge in [0.05, 0.1) is 5.56 Å². The number of aromatic nitrogens is 1. The summed E-state index contributed by atoms with van der Waals surface area (Å²) in [4.78, 5) is 2.86. The molecule has 0 aliphatic rings. The second-order valence-electron chi connectivity index (χ2n) is 6.55. The van der Waals surface area contributed by atoms with Gasteiger partial charge in [-0.2, -0.15) is 26.3 Å². The largest absolute Gasteiger partial charge is 0.484 e. The molecule has 1 aromatic heterocycles. The molecular formula is C20H18F6N2O. The van der Waals surface area contributed by atoms with Gasteiger partial charge in [-0.05, 0) is 48.4 Å². The predicted octanol–water partition coefficient (Wildman–Crippen LogP) is 5.46. The van der Waals surface area contributed by atoms with Crippen LogP contribution in [0.3, 0.4) is 0 Å². The number of H-pyrrole nitrogens is 1. The van der Waals surface area contributed by atoms with E-state index in [2.05, 4.69) is 10.3 Å². The number of ether oxygens (including phenoxy) is 1. The zero-order valence-corrected chi connectivity index (χ0v) is 15.1. The molecule has 0 amide bonds. The quantitative estimate of drug-likeness (QED) is 0.397. The molecule has 2 N–H and O–H groups in total. The van der Waals surface area contributed by atoms with Crippen LogP contribution in [-0.4, -0.2) is 24.3 Å². The highest BCUT2D eigenvalue weighted by molar-refractivity contribution is 5.84. The molecule has 3 nitrogen and oxygen atoms in total. The average molecular weight is 416 g/mol. The number of hydrogen-bond donors (Lipinski definition) is 2. The van der Waals surface area contributed by atoms with E-state index in [1.807, 2.05) is 0 Å². The molecule has 0 bridgehead atoms. The minimum atomic E-state index is -4.39. The first-order valence-corrected chi connectivity index (χ1v) is 8.78. The molecule has 156 valence electrons. The highest BCUT2D eigenvalue weighted by atomic mass is 19.4. The summed E-state index contributed by atoms with van der Waals surface area (Å²) in [5.41, 5.74) is 1.36. The highest BCUT2D eigenvalue weighted by Crippen LogP contribution is 2.32. The molecule has 29 heavy (non-hydrogen) atoms. The van der Waals surface area contributed by atoms with Gasteiger partial charge in [-0.15, -0.1) is 0 Å². The van der Waals surface area contributed by atoms with E-state index in [0.717, 1.165) is 28.6 Å². The summed E-state index contributed by atoms with van der Waals surface area (Å²) in [7, 11) is 0. The van der Waals surface area contributed by atoms with Gasteiger partial charge in [0.1, 0.15) is 5.75 Å². The van der Waals surface area contributed by atoms with Gasteiger partial charge in [0.25, 0.3) is 0 Å². The van der Waals surface area contributed by atoms with Gasteiger partial charge in [-0.1, -0.05) is 18.2 Å². The Morgan fingerprint density at radius 3 is 2.48 bits per heavy atom. The second-order valence-corrected chi connectivity index (χ2v) is 6.55. The van der Waals surface area contributed by atoms with E-state index in [1.165, 1.54) is 18.2 Å². The summed E-state index contributed by atoms with van der Waals surface area (Å²) >= 11 is 0. The topological polar surface area (TPSA) is 37.0 Å². The van der Waals surface area contributed by atoms with E-state index in [1.54, 1.807) is 18.3 Å². The third-order valence-corrected chi connectivity index (χ3v) is 4.30. The number of fused-ring (bicyclic) bond motifs is 1. The van der Waals surface area contributed by atoms with Crippen LogP contribution in [0.15, 0.2) is 48.7 Å². The summed E-state index contributed by atoms with van der Waals surface area (Å²) < 4.78 is 79.7. The Balaban J connectivity index is 1.53. The van der Waals surface area contributed by atoms with Crippen molar-refractivity contribution in [2.24, 2.45) is 0 Å². The maximum atomic E-state index is 12.8. The minimum absolute atomic E-state index is 0.138. The standard InChI is InChI=1S/C20H18F6N2O/c21-19(22,23)12-29-16-3-1-2-13(8-16)10-27-7-6-14-11-28-18-9-15(20(24,25)26)4-5-17(14)18/h1-5,8-9,11,27-28H,6-7,10,12H2. The van der Waals surface area contributed by atoms with Gasteiger partial charge in [-0.25, -0.2) is 0 Å². The van der Waals surface area contributed by atoms with Crippen LogP contribution in [0.1, 0.15) is 16.7 Å². The smallest absolute Gasteiger partial charge is 0.422 e. The molecule has 9 heteroatoms. The first-order chi connectivity index (χ1) is 13.6. The third-order valence-electron chi connectivity index (χ3n) is 4.30. The zero-order chi connectivity index (χ0) is 21.1. The van der Waals surface area contributed by atoms with Gasteiger partial charge in [0.15, 0.2) is 6.61 Å². The molecule has 0 unspecified atom stereocenters. The molecular weight excluding hydrogens is 398 g/mol. The lowest BCUT2D eigenvalue weighted by atomic mass is 10.1. The summed E-state index contributed by atoms with van der Waals surface area (Å²) in [6, 6.07) is 9.95. The van der Waals surface area contributed by atoms with Crippen LogP contribution in [0.25, 0.3) is 10.9 Å². The summed E-state index contributed by atoms with van der Waals surface area (Å²) in [6.45, 7) is -0.383. The number of hydrogen-bond acceptors (Lipinski definition) is 2. The van der Waals surface area contributed by atoms with E-state index in [4.69, 9.17) is 4.74 Å². The van der Waals surface area contributed by atoms with E-state index in [0.29, 0.717) is 25.0 Å². The van der Waals surface area contributed by atoms with Crippen molar-refractivity contribution in [3.8, 4) is 5.75 Å². The van der Waals surface area contributed by atoms with Crippen molar-refractivity contribution in [2.75, 3.05) is 13.2 Å². The van der Waals surface area contributed by atoms with Crippen molar-refractivity contribution in [3.05, 3.63) is 65.4 Å². The Morgan fingerprint density at radius 2 is 1.76 bits per heavy atom. The fourth-order valence-corrected chi connectivity index (χ4v) is 2.94. The Bertz CT molecular complexity index is 961. The predicted molar refractivity (Wildman–Crippen MR) is 96.7 cm³/mol. The van der Waals surface area contributed by atoms with Crippen LogP contribution in [0.2, 0.25) is 0 Å². The molecule has 0 radical (unpaired) electrons. The van der Waals surface area contributed by atoms with E-state index < -0.39 is 24.5 Å². The molecule has 0 spiro atoms. The van der Waals surface area contributed by atoms with E-state index in [9.17, 15) is 26.3 Å². The van der Waals surface area contributed by atoms with E-state index >= 15 is 0 Å². The lowest BCUT2D eigenvalue weighted by Gasteiger charge is -2.10. The SMILES string of the molecule is FC(F)(F)COc1cccc(CNCCc2c[nH]c3cc(C(F)(F)F)ccc23)c1. The lowest BCUT2D eigenvalue weighted by molar-refractivity contribution is -0.153. The number of benzene rings is 2. The van der Waals surface area contributed by atoms with Gasteiger partial charge < -0.3 is 15.0 Å². The van der Waals surface area contributed by atoms with Crippen LogP contribution >= 0.6 is 0 Å². The van der Waals surface area contributed by atoms with Gasteiger partial charge in [0.2, 0.25) is 0 Å². The van der Waals surface area contributed by atoms with Crippen molar-refractivity contribution in [1.29, 1.82) is 0 Å². The fourth-order valence-electron chi connectivity index (χ4n) is 2.94. The van der Waals surface area contributed by atoms with Gasteiger partial charge in [0, 0.05) is 23.6 Å². The lowest BCUT2D eigenvalue weighted by Crippen LogP contribution is -2.19. The molecule has 3 aromatic rings. The van der Waals surface area contributed by atoms with Crippen LogP contribution in [0.5, 0.6) is 5.75 Å². The van der Waals surface area contributed by atoms with Crippen LogP contribution in [-0.2, 0) is 19.1 Å². The molecule has 0 aliphatic carbocycles. The maximum Gasteiger partial charge on any atom is 0.422 e. The Hall–Kier alpha value is -2.68. The molecule has 0 atom stereocenters. The molecule has 0 aliphatic heterocycles. The zero-order valence-electron chi connectivity index (χ0n) is 15.1. The van der Waals surface area contributed by atoms with Crippen molar-refractivity contribution in [3.63, 3.8) is 0 Å². The molecule has 0 fully saturated rings. The molecule has 0 saturated carbocycles. The molecule has 0 saturated heterocycles. The minimum Gasteiger partial charge on any atom is -0.484 e. The summed E-state index contributed by atoms with van der Waals surface area (Å²) in [5.74, 6) is 0.138. The van der Waals surface area contributed by atoms with Crippen LogP contribution < -0.4 is 10.1 Å². The number of halogens is 6. The van der Waals surface area contributed by atoms with E-state index in [-0.39, 0.29) is 5.75 Å². The third kappa shape index (κ3) is 5.90.